The van der Waals surface area contributed by atoms with Crippen molar-refractivity contribution in [2.75, 3.05) is 31.1 Å². The standard InChI is InChI=1S/C22H25N5OS/c1-17(28)18-8-10-20(11-9-18)26-14-12-25(13-15-26)16-27-22(29)24(2)21(23-27)19-6-4-3-5-7-19/h3-11H,12-16H2,1-2H3/p+1. The lowest BCUT2D eigenvalue weighted by Gasteiger charge is -2.33. The largest absolute Gasteiger partial charge is 0.360 e. The molecule has 1 saturated heterocycles. The Morgan fingerprint density at radius 3 is 2.34 bits per heavy atom. The SMILES string of the molecule is CC(=O)c1ccc(N2CC[NH+](Cn3nc(-c4ccccc4)n(C)c3=S)CC2)cc1. The van der Waals surface area contributed by atoms with E-state index in [1.807, 2.05) is 58.8 Å². The fourth-order valence-corrected chi connectivity index (χ4v) is 3.98. The first-order chi connectivity index (χ1) is 14.0. The summed E-state index contributed by atoms with van der Waals surface area (Å²) in [4.78, 5) is 15.3. The van der Waals surface area contributed by atoms with Gasteiger partial charge in [-0.15, -0.1) is 5.10 Å². The van der Waals surface area contributed by atoms with Crippen LogP contribution >= 0.6 is 12.2 Å². The van der Waals surface area contributed by atoms with E-state index in [1.54, 1.807) is 6.92 Å². The third-order valence-corrected chi connectivity index (χ3v) is 6.04. The highest BCUT2D eigenvalue weighted by Crippen LogP contribution is 2.17. The van der Waals surface area contributed by atoms with E-state index in [0.717, 1.165) is 54.6 Å². The van der Waals surface area contributed by atoms with E-state index >= 15 is 0 Å². The number of hydrogen-bond donors (Lipinski definition) is 1. The Labute approximate surface area is 176 Å². The van der Waals surface area contributed by atoms with Crippen molar-refractivity contribution in [1.82, 2.24) is 14.3 Å². The minimum atomic E-state index is 0.104. The molecule has 0 atom stereocenters. The number of ketones is 1. The van der Waals surface area contributed by atoms with E-state index in [-0.39, 0.29) is 5.78 Å². The second kappa shape index (κ2) is 8.31. The molecule has 2 aromatic carbocycles. The van der Waals surface area contributed by atoms with Gasteiger partial charge < -0.3 is 14.4 Å². The molecular weight excluding hydrogens is 382 g/mol. The van der Waals surface area contributed by atoms with Gasteiger partial charge in [0.15, 0.2) is 18.3 Å². The maximum atomic E-state index is 11.5. The zero-order valence-corrected chi connectivity index (χ0v) is 17.7. The van der Waals surface area contributed by atoms with Gasteiger partial charge in [-0.2, -0.15) is 4.68 Å². The minimum Gasteiger partial charge on any atom is -0.360 e. The number of piperazine rings is 1. The molecule has 1 aliphatic rings. The van der Waals surface area contributed by atoms with Crippen molar-refractivity contribution >= 4 is 23.7 Å². The molecule has 3 aromatic rings. The molecule has 1 aliphatic heterocycles. The van der Waals surface area contributed by atoms with Crippen LogP contribution in [0.3, 0.4) is 0 Å². The van der Waals surface area contributed by atoms with Crippen molar-refractivity contribution in [3.63, 3.8) is 0 Å². The van der Waals surface area contributed by atoms with Crippen LogP contribution in [0.5, 0.6) is 0 Å². The number of quaternary nitrogens is 1. The Hall–Kier alpha value is -2.77. The fraction of sp³-hybridized carbons (Fsp3) is 0.318. The third-order valence-electron chi connectivity index (χ3n) is 5.56. The molecule has 0 saturated carbocycles. The van der Waals surface area contributed by atoms with Gasteiger partial charge in [0.1, 0.15) is 0 Å². The predicted octanol–water partition coefficient (Wildman–Crippen LogP) is 2.18. The second-order valence-corrected chi connectivity index (χ2v) is 7.89. The lowest BCUT2D eigenvalue weighted by atomic mass is 10.1. The Morgan fingerprint density at radius 2 is 1.72 bits per heavy atom. The first-order valence-corrected chi connectivity index (χ1v) is 10.3. The van der Waals surface area contributed by atoms with E-state index in [9.17, 15) is 4.79 Å². The summed E-state index contributed by atoms with van der Waals surface area (Å²) >= 11 is 5.63. The summed E-state index contributed by atoms with van der Waals surface area (Å²) in [6, 6.07) is 18.1. The first kappa shape index (κ1) is 19.5. The summed E-state index contributed by atoms with van der Waals surface area (Å²) in [5.74, 6) is 1.01. The number of carbonyl (C=O) groups excluding carboxylic acids is 1. The molecule has 150 valence electrons. The molecule has 0 spiro atoms. The van der Waals surface area contributed by atoms with Gasteiger partial charge in [0, 0.05) is 23.9 Å². The molecule has 1 aromatic heterocycles. The number of carbonyl (C=O) groups is 1. The Bertz CT molecular complexity index is 1050. The van der Waals surface area contributed by atoms with Crippen molar-refractivity contribution in [2.24, 2.45) is 7.05 Å². The summed E-state index contributed by atoms with van der Waals surface area (Å²) in [5, 5.41) is 4.79. The molecule has 0 bridgehead atoms. The molecule has 4 rings (SSSR count). The highest BCUT2D eigenvalue weighted by atomic mass is 32.1. The van der Waals surface area contributed by atoms with Gasteiger partial charge in [0.2, 0.25) is 4.77 Å². The van der Waals surface area contributed by atoms with Gasteiger partial charge in [-0.1, -0.05) is 30.3 Å². The summed E-state index contributed by atoms with van der Waals surface area (Å²) < 4.78 is 4.68. The molecule has 0 unspecified atom stereocenters. The minimum absolute atomic E-state index is 0.104. The van der Waals surface area contributed by atoms with Crippen molar-refractivity contribution < 1.29 is 9.69 Å². The van der Waals surface area contributed by atoms with Crippen LogP contribution in [0.2, 0.25) is 0 Å². The van der Waals surface area contributed by atoms with Crippen LogP contribution in [0, 0.1) is 4.77 Å². The molecule has 2 heterocycles. The zero-order chi connectivity index (χ0) is 20.4. The van der Waals surface area contributed by atoms with Crippen LogP contribution in [0.15, 0.2) is 54.6 Å². The normalized spacial score (nSPS) is 14.9. The van der Waals surface area contributed by atoms with Crippen LogP contribution in [-0.2, 0) is 13.7 Å². The van der Waals surface area contributed by atoms with Crippen molar-refractivity contribution in [1.29, 1.82) is 0 Å². The Balaban J connectivity index is 1.41. The average Bonchev–Trinajstić information content (AvgIpc) is 3.03. The molecule has 1 fully saturated rings. The van der Waals surface area contributed by atoms with Gasteiger partial charge in [-0.3, -0.25) is 4.79 Å². The van der Waals surface area contributed by atoms with E-state index in [0.29, 0.717) is 0 Å². The first-order valence-electron chi connectivity index (χ1n) is 9.91. The number of aromatic nitrogens is 3. The number of anilines is 1. The lowest BCUT2D eigenvalue weighted by Crippen LogP contribution is -3.14. The van der Waals surface area contributed by atoms with E-state index < -0.39 is 0 Å². The Morgan fingerprint density at radius 1 is 1.07 bits per heavy atom. The monoisotopic (exact) mass is 408 g/mol. The molecule has 0 radical (unpaired) electrons. The van der Waals surface area contributed by atoms with Crippen molar-refractivity contribution in [3.05, 3.63) is 64.9 Å². The average molecular weight is 409 g/mol. The number of Topliss-reactive ketones (excluding diaryl/α,β-unsaturated/α-hetero) is 1. The fourth-order valence-electron chi connectivity index (χ4n) is 3.79. The lowest BCUT2D eigenvalue weighted by molar-refractivity contribution is -0.924. The molecule has 0 amide bonds. The van der Waals surface area contributed by atoms with Gasteiger partial charge in [-0.25, -0.2) is 0 Å². The van der Waals surface area contributed by atoms with Crippen LogP contribution < -0.4 is 9.80 Å². The Kier molecular flexibility index (Phi) is 5.60. The van der Waals surface area contributed by atoms with Crippen LogP contribution in [0.4, 0.5) is 5.69 Å². The highest BCUT2D eigenvalue weighted by Gasteiger charge is 2.22. The maximum Gasteiger partial charge on any atom is 0.202 e. The number of benzene rings is 2. The van der Waals surface area contributed by atoms with Gasteiger partial charge in [0.05, 0.1) is 26.2 Å². The van der Waals surface area contributed by atoms with E-state index in [1.165, 1.54) is 10.6 Å². The van der Waals surface area contributed by atoms with Gasteiger partial charge >= 0.3 is 0 Å². The van der Waals surface area contributed by atoms with Crippen LogP contribution in [0.25, 0.3) is 11.4 Å². The smallest absolute Gasteiger partial charge is 0.202 e. The van der Waals surface area contributed by atoms with E-state index in [4.69, 9.17) is 17.3 Å². The van der Waals surface area contributed by atoms with Crippen molar-refractivity contribution in [3.8, 4) is 11.4 Å². The van der Waals surface area contributed by atoms with Crippen molar-refractivity contribution in [2.45, 2.75) is 13.6 Å². The second-order valence-electron chi connectivity index (χ2n) is 7.53. The number of hydrogen-bond acceptors (Lipinski definition) is 4. The molecule has 7 heteroatoms. The summed E-state index contributed by atoms with van der Waals surface area (Å²) in [6.45, 7) is 6.36. The quantitative estimate of drug-likeness (QED) is 0.519. The van der Waals surface area contributed by atoms with Gasteiger partial charge in [0.25, 0.3) is 0 Å². The molecule has 1 N–H and O–H groups in total. The zero-order valence-electron chi connectivity index (χ0n) is 16.8. The van der Waals surface area contributed by atoms with Crippen LogP contribution in [-0.4, -0.2) is 46.3 Å². The maximum absolute atomic E-state index is 11.5. The summed E-state index contributed by atoms with van der Waals surface area (Å²) in [6.07, 6.45) is 0. The molecular formula is C22H26N5OS+. The molecule has 29 heavy (non-hydrogen) atoms. The topological polar surface area (TPSA) is 47.5 Å². The van der Waals surface area contributed by atoms with E-state index in [2.05, 4.69) is 17.0 Å². The molecule has 0 aliphatic carbocycles. The molecule has 6 nitrogen and oxygen atoms in total. The predicted molar refractivity (Wildman–Crippen MR) is 117 cm³/mol. The summed E-state index contributed by atoms with van der Waals surface area (Å²) in [7, 11) is 1.98. The van der Waals surface area contributed by atoms with Gasteiger partial charge in [-0.05, 0) is 43.4 Å². The number of rotatable bonds is 5. The number of nitrogens with one attached hydrogen (secondary N) is 1. The summed E-state index contributed by atoms with van der Waals surface area (Å²) in [5.41, 5.74) is 3.01. The third kappa shape index (κ3) is 4.16. The number of nitrogens with zero attached hydrogens (tertiary/aromatic N) is 4. The van der Waals surface area contributed by atoms with Crippen LogP contribution in [0.1, 0.15) is 17.3 Å². The highest BCUT2D eigenvalue weighted by molar-refractivity contribution is 7.71.